The Morgan fingerprint density at radius 3 is 3.00 bits per heavy atom. The Balaban J connectivity index is 1.85. The van der Waals surface area contributed by atoms with E-state index in [4.69, 9.17) is 16.3 Å². The van der Waals surface area contributed by atoms with Gasteiger partial charge in [0, 0.05) is 37.8 Å². The fourth-order valence-corrected chi connectivity index (χ4v) is 2.14. The third-order valence-corrected chi connectivity index (χ3v) is 3.21. The minimum absolute atomic E-state index is 0.264. The molecule has 118 valence electrons. The van der Waals surface area contributed by atoms with E-state index < -0.39 is 0 Å². The summed E-state index contributed by atoms with van der Waals surface area (Å²) in [5.74, 6) is 0. The zero-order valence-electron chi connectivity index (χ0n) is 12.4. The minimum atomic E-state index is -0.264. The van der Waals surface area contributed by atoms with Gasteiger partial charge in [0.15, 0.2) is 0 Å². The summed E-state index contributed by atoms with van der Waals surface area (Å²) in [6.45, 7) is 3.83. The van der Waals surface area contributed by atoms with Gasteiger partial charge < -0.3 is 15.4 Å². The SMILES string of the molecule is CCOCCCNC(=O)Nc1ccc(-n2cccn2)c(Cl)c1. The van der Waals surface area contributed by atoms with Crippen molar-refractivity contribution in [1.82, 2.24) is 15.1 Å². The van der Waals surface area contributed by atoms with Crippen molar-refractivity contribution >= 4 is 23.3 Å². The number of halogens is 1. The number of carbonyl (C=O) groups excluding carboxylic acids is 1. The largest absolute Gasteiger partial charge is 0.382 e. The van der Waals surface area contributed by atoms with E-state index in [1.54, 1.807) is 35.3 Å². The molecule has 0 atom stereocenters. The molecular formula is C15H19ClN4O2. The molecule has 2 N–H and O–H groups in total. The van der Waals surface area contributed by atoms with Crippen LogP contribution >= 0.6 is 11.6 Å². The molecule has 0 bridgehead atoms. The van der Waals surface area contributed by atoms with Crippen LogP contribution in [0.15, 0.2) is 36.7 Å². The highest BCUT2D eigenvalue weighted by molar-refractivity contribution is 6.32. The van der Waals surface area contributed by atoms with Crippen LogP contribution in [0.2, 0.25) is 5.02 Å². The van der Waals surface area contributed by atoms with Gasteiger partial charge in [0.25, 0.3) is 0 Å². The second-order valence-corrected chi connectivity index (χ2v) is 4.96. The zero-order chi connectivity index (χ0) is 15.8. The lowest BCUT2D eigenvalue weighted by Crippen LogP contribution is -2.30. The van der Waals surface area contributed by atoms with Crippen LogP contribution in [-0.2, 0) is 4.74 Å². The first-order chi connectivity index (χ1) is 10.7. The molecule has 0 unspecified atom stereocenters. The number of nitrogens with zero attached hydrogens (tertiary/aromatic N) is 2. The standard InChI is InChI=1S/C15H19ClN4O2/c1-2-22-10-4-7-17-15(21)19-12-5-6-14(13(16)11-12)20-9-3-8-18-20/h3,5-6,8-9,11H,2,4,7,10H2,1H3,(H2,17,19,21). The number of urea groups is 1. The first kappa shape index (κ1) is 16.3. The third-order valence-electron chi connectivity index (χ3n) is 2.91. The van der Waals surface area contributed by atoms with Gasteiger partial charge in [-0.05, 0) is 37.6 Å². The van der Waals surface area contributed by atoms with Crippen molar-refractivity contribution in [2.75, 3.05) is 25.1 Å². The molecule has 2 amide bonds. The van der Waals surface area contributed by atoms with Gasteiger partial charge in [-0.2, -0.15) is 5.10 Å². The van der Waals surface area contributed by atoms with Crippen molar-refractivity contribution in [1.29, 1.82) is 0 Å². The van der Waals surface area contributed by atoms with E-state index in [9.17, 15) is 4.79 Å². The molecule has 0 aliphatic carbocycles. The summed E-state index contributed by atoms with van der Waals surface area (Å²) < 4.78 is 6.87. The number of benzene rings is 1. The van der Waals surface area contributed by atoms with Crippen molar-refractivity contribution in [2.45, 2.75) is 13.3 Å². The van der Waals surface area contributed by atoms with E-state index in [1.165, 1.54) is 0 Å². The quantitative estimate of drug-likeness (QED) is 0.770. The molecule has 0 fully saturated rings. The molecule has 1 aromatic heterocycles. The molecule has 0 saturated carbocycles. The lowest BCUT2D eigenvalue weighted by atomic mass is 10.3. The fourth-order valence-electron chi connectivity index (χ4n) is 1.88. The molecular weight excluding hydrogens is 304 g/mol. The molecule has 1 aromatic carbocycles. The van der Waals surface area contributed by atoms with Gasteiger partial charge in [0.2, 0.25) is 0 Å². The number of nitrogens with one attached hydrogen (secondary N) is 2. The number of amides is 2. The molecule has 0 spiro atoms. The summed E-state index contributed by atoms with van der Waals surface area (Å²) in [5, 5.41) is 10.1. The number of hydrogen-bond acceptors (Lipinski definition) is 3. The summed E-state index contributed by atoms with van der Waals surface area (Å²) in [5.41, 5.74) is 1.39. The van der Waals surface area contributed by atoms with Gasteiger partial charge in [0.05, 0.1) is 10.7 Å². The molecule has 6 nitrogen and oxygen atoms in total. The van der Waals surface area contributed by atoms with Gasteiger partial charge >= 0.3 is 6.03 Å². The van der Waals surface area contributed by atoms with Gasteiger partial charge in [-0.25, -0.2) is 9.48 Å². The Bertz CT molecular complexity index is 602. The molecule has 2 aromatic rings. The van der Waals surface area contributed by atoms with E-state index in [2.05, 4.69) is 15.7 Å². The Morgan fingerprint density at radius 1 is 1.45 bits per heavy atom. The number of hydrogen-bond donors (Lipinski definition) is 2. The Morgan fingerprint density at radius 2 is 2.32 bits per heavy atom. The maximum Gasteiger partial charge on any atom is 0.319 e. The molecule has 2 rings (SSSR count). The molecule has 0 saturated heterocycles. The normalized spacial score (nSPS) is 10.5. The van der Waals surface area contributed by atoms with E-state index in [1.807, 2.05) is 13.0 Å². The number of anilines is 1. The fraction of sp³-hybridized carbons (Fsp3) is 0.333. The average Bonchev–Trinajstić information content (AvgIpc) is 3.01. The summed E-state index contributed by atoms with van der Waals surface area (Å²) in [6.07, 6.45) is 4.26. The van der Waals surface area contributed by atoms with Gasteiger partial charge in [-0.15, -0.1) is 0 Å². The molecule has 22 heavy (non-hydrogen) atoms. The smallest absolute Gasteiger partial charge is 0.319 e. The van der Waals surface area contributed by atoms with Crippen molar-refractivity contribution in [3.63, 3.8) is 0 Å². The van der Waals surface area contributed by atoms with Crippen LogP contribution in [0.25, 0.3) is 5.69 Å². The van der Waals surface area contributed by atoms with Crippen LogP contribution in [0, 0.1) is 0 Å². The van der Waals surface area contributed by atoms with Gasteiger partial charge in [-0.3, -0.25) is 0 Å². The van der Waals surface area contributed by atoms with Crippen LogP contribution in [0.5, 0.6) is 0 Å². The van der Waals surface area contributed by atoms with Crippen molar-refractivity contribution in [3.05, 3.63) is 41.7 Å². The summed E-state index contributed by atoms with van der Waals surface area (Å²) in [4.78, 5) is 11.7. The summed E-state index contributed by atoms with van der Waals surface area (Å²) in [7, 11) is 0. The average molecular weight is 323 g/mol. The second-order valence-electron chi connectivity index (χ2n) is 4.55. The highest BCUT2D eigenvalue weighted by Gasteiger charge is 2.06. The maximum absolute atomic E-state index is 11.7. The van der Waals surface area contributed by atoms with E-state index in [0.29, 0.717) is 30.5 Å². The van der Waals surface area contributed by atoms with Crippen LogP contribution in [-0.4, -0.2) is 35.6 Å². The minimum Gasteiger partial charge on any atom is -0.382 e. The first-order valence-electron chi connectivity index (χ1n) is 7.13. The van der Waals surface area contributed by atoms with E-state index >= 15 is 0 Å². The van der Waals surface area contributed by atoms with Crippen molar-refractivity contribution < 1.29 is 9.53 Å². The van der Waals surface area contributed by atoms with E-state index in [0.717, 1.165) is 12.1 Å². The molecule has 1 heterocycles. The zero-order valence-corrected chi connectivity index (χ0v) is 13.1. The number of ether oxygens (including phenoxy) is 1. The van der Waals surface area contributed by atoms with Crippen molar-refractivity contribution in [2.24, 2.45) is 0 Å². The Hall–Kier alpha value is -2.05. The molecule has 0 aliphatic heterocycles. The number of aromatic nitrogens is 2. The van der Waals surface area contributed by atoms with Crippen LogP contribution in [0.1, 0.15) is 13.3 Å². The topological polar surface area (TPSA) is 68.2 Å². The van der Waals surface area contributed by atoms with Crippen molar-refractivity contribution in [3.8, 4) is 5.69 Å². The third kappa shape index (κ3) is 4.75. The Labute approximate surface area is 134 Å². The predicted molar refractivity (Wildman–Crippen MR) is 86.7 cm³/mol. The maximum atomic E-state index is 11.7. The monoisotopic (exact) mass is 322 g/mol. The lowest BCUT2D eigenvalue weighted by Gasteiger charge is -2.10. The van der Waals surface area contributed by atoms with E-state index in [-0.39, 0.29) is 6.03 Å². The summed E-state index contributed by atoms with van der Waals surface area (Å²) in [6, 6.07) is 6.83. The molecule has 7 heteroatoms. The highest BCUT2D eigenvalue weighted by Crippen LogP contribution is 2.23. The predicted octanol–water partition coefficient (Wildman–Crippen LogP) is 3.07. The number of carbonyl (C=O) groups is 1. The number of rotatable bonds is 7. The molecule has 0 radical (unpaired) electrons. The first-order valence-corrected chi connectivity index (χ1v) is 7.50. The van der Waals surface area contributed by atoms with Gasteiger partial charge in [0.1, 0.15) is 0 Å². The second kappa shape index (κ2) is 8.41. The van der Waals surface area contributed by atoms with Crippen LogP contribution < -0.4 is 10.6 Å². The Kier molecular flexibility index (Phi) is 6.24. The van der Waals surface area contributed by atoms with Crippen LogP contribution in [0.4, 0.5) is 10.5 Å². The van der Waals surface area contributed by atoms with Gasteiger partial charge in [-0.1, -0.05) is 11.6 Å². The van der Waals surface area contributed by atoms with Crippen LogP contribution in [0.3, 0.4) is 0 Å². The molecule has 0 aliphatic rings. The lowest BCUT2D eigenvalue weighted by molar-refractivity contribution is 0.145. The highest BCUT2D eigenvalue weighted by atomic mass is 35.5. The summed E-state index contributed by atoms with van der Waals surface area (Å²) >= 11 is 6.22.